The normalized spacial score (nSPS) is 10.5. The van der Waals surface area contributed by atoms with Gasteiger partial charge in [0.05, 0.1) is 5.02 Å². The standard InChI is InChI=1S/C13H11Cl2NS/c14-10-3-6-12(15)13(7-10)17-8-9-1-4-11(16)5-2-9/h1-7H,8,16H2. The molecule has 0 saturated carbocycles. The van der Waals surface area contributed by atoms with E-state index in [1.807, 2.05) is 36.4 Å². The van der Waals surface area contributed by atoms with Crippen molar-refractivity contribution in [2.24, 2.45) is 0 Å². The van der Waals surface area contributed by atoms with Gasteiger partial charge in [0, 0.05) is 21.4 Å². The molecule has 0 aromatic heterocycles. The van der Waals surface area contributed by atoms with Gasteiger partial charge in [-0.15, -0.1) is 11.8 Å². The van der Waals surface area contributed by atoms with Crippen LogP contribution in [0.4, 0.5) is 5.69 Å². The third-order valence-corrected chi connectivity index (χ3v) is 4.07. The molecule has 2 N–H and O–H groups in total. The number of thioether (sulfide) groups is 1. The minimum atomic E-state index is 0.703. The van der Waals surface area contributed by atoms with E-state index in [0.29, 0.717) is 5.02 Å². The van der Waals surface area contributed by atoms with Crippen molar-refractivity contribution in [1.29, 1.82) is 0 Å². The second-order valence-corrected chi connectivity index (χ2v) is 5.47. The number of benzene rings is 2. The Balaban J connectivity index is 2.07. The molecule has 0 fully saturated rings. The van der Waals surface area contributed by atoms with Crippen LogP contribution in [-0.4, -0.2) is 0 Å². The van der Waals surface area contributed by atoms with Crippen LogP contribution in [0.2, 0.25) is 10.0 Å². The summed E-state index contributed by atoms with van der Waals surface area (Å²) in [7, 11) is 0. The monoisotopic (exact) mass is 283 g/mol. The van der Waals surface area contributed by atoms with Gasteiger partial charge in [0.25, 0.3) is 0 Å². The van der Waals surface area contributed by atoms with Crippen LogP contribution in [0.15, 0.2) is 47.4 Å². The van der Waals surface area contributed by atoms with Gasteiger partial charge in [-0.25, -0.2) is 0 Å². The Kier molecular flexibility index (Phi) is 4.21. The molecule has 0 bridgehead atoms. The zero-order valence-electron chi connectivity index (χ0n) is 8.99. The van der Waals surface area contributed by atoms with Gasteiger partial charge in [0.2, 0.25) is 0 Å². The van der Waals surface area contributed by atoms with E-state index < -0.39 is 0 Å². The second-order valence-electron chi connectivity index (χ2n) is 3.61. The van der Waals surface area contributed by atoms with Crippen LogP contribution in [0.5, 0.6) is 0 Å². The van der Waals surface area contributed by atoms with Crippen LogP contribution in [0.1, 0.15) is 5.56 Å². The fourth-order valence-corrected chi connectivity index (χ4v) is 2.81. The van der Waals surface area contributed by atoms with Gasteiger partial charge >= 0.3 is 0 Å². The predicted molar refractivity (Wildman–Crippen MR) is 76.9 cm³/mol. The molecule has 0 aliphatic heterocycles. The Morgan fingerprint density at radius 2 is 1.71 bits per heavy atom. The molecule has 2 aromatic rings. The maximum atomic E-state index is 6.09. The van der Waals surface area contributed by atoms with Crippen molar-refractivity contribution in [3.05, 3.63) is 58.1 Å². The second kappa shape index (κ2) is 5.67. The average Bonchev–Trinajstić information content (AvgIpc) is 2.32. The summed E-state index contributed by atoms with van der Waals surface area (Å²) in [6.07, 6.45) is 0. The SMILES string of the molecule is Nc1ccc(CSc2cc(Cl)ccc2Cl)cc1. The molecular formula is C13H11Cl2NS. The summed E-state index contributed by atoms with van der Waals surface area (Å²) in [5.74, 6) is 0.848. The van der Waals surface area contributed by atoms with Crippen molar-refractivity contribution in [1.82, 2.24) is 0 Å². The van der Waals surface area contributed by atoms with E-state index in [9.17, 15) is 0 Å². The first-order chi connectivity index (χ1) is 8.15. The summed E-state index contributed by atoms with van der Waals surface area (Å²) in [4.78, 5) is 0.996. The molecule has 0 atom stereocenters. The van der Waals surface area contributed by atoms with Gasteiger partial charge in [-0.1, -0.05) is 35.3 Å². The third-order valence-electron chi connectivity index (χ3n) is 2.27. The van der Waals surface area contributed by atoms with Crippen molar-refractivity contribution < 1.29 is 0 Å². The average molecular weight is 284 g/mol. The van der Waals surface area contributed by atoms with Gasteiger partial charge in [-0.3, -0.25) is 0 Å². The zero-order chi connectivity index (χ0) is 12.3. The highest BCUT2D eigenvalue weighted by molar-refractivity contribution is 7.98. The van der Waals surface area contributed by atoms with Crippen molar-refractivity contribution in [2.45, 2.75) is 10.6 Å². The van der Waals surface area contributed by atoms with Gasteiger partial charge in [0.15, 0.2) is 0 Å². The summed E-state index contributed by atoms with van der Waals surface area (Å²) in [6, 6.07) is 13.3. The van der Waals surface area contributed by atoms with Gasteiger partial charge in [0.1, 0.15) is 0 Å². The maximum absolute atomic E-state index is 6.09. The van der Waals surface area contributed by atoms with E-state index in [-0.39, 0.29) is 0 Å². The van der Waals surface area contributed by atoms with Crippen LogP contribution < -0.4 is 5.73 Å². The quantitative estimate of drug-likeness (QED) is 0.643. The number of nitrogens with two attached hydrogens (primary N) is 1. The Labute approximate surface area is 115 Å². The maximum Gasteiger partial charge on any atom is 0.0543 e. The molecule has 0 aliphatic carbocycles. The first-order valence-electron chi connectivity index (χ1n) is 5.07. The molecule has 2 rings (SSSR count). The number of hydrogen-bond donors (Lipinski definition) is 1. The van der Waals surface area contributed by atoms with Crippen LogP contribution >= 0.6 is 35.0 Å². The first kappa shape index (κ1) is 12.6. The molecular weight excluding hydrogens is 273 g/mol. The molecule has 88 valence electrons. The minimum Gasteiger partial charge on any atom is -0.399 e. The Bertz CT molecular complexity index is 511. The molecule has 2 aromatic carbocycles. The molecule has 4 heteroatoms. The van der Waals surface area contributed by atoms with Crippen molar-refractivity contribution in [3.63, 3.8) is 0 Å². The first-order valence-corrected chi connectivity index (χ1v) is 6.81. The Hall–Kier alpha value is -0.830. The number of anilines is 1. The highest BCUT2D eigenvalue weighted by Crippen LogP contribution is 2.32. The predicted octanol–water partition coefficient (Wildman–Crippen LogP) is 4.87. The summed E-state index contributed by atoms with van der Waals surface area (Å²) in [6.45, 7) is 0. The number of nitrogen functional groups attached to an aromatic ring is 1. The highest BCUT2D eigenvalue weighted by atomic mass is 35.5. The summed E-state index contributed by atoms with van der Waals surface area (Å²) >= 11 is 13.7. The fraction of sp³-hybridized carbons (Fsp3) is 0.0769. The van der Waals surface area contributed by atoms with Crippen LogP contribution in [-0.2, 0) is 5.75 Å². The van der Waals surface area contributed by atoms with Crippen molar-refractivity contribution in [3.8, 4) is 0 Å². The number of hydrogen-bond acceptors (Lipinski definition) is 2. The van der Waals surface area contributed by atoms with E-state index >= 15 is 0 Å². The molecule has 17 heavy (non-hydrogen) atoms. The third kappa shape index (κ3) is 3.56. The van der Waals surface area contributed by atoms with E-state index in [4.69, 9.17) is 28.9 Å². The molecule has 0 radical (unpaired) electrons. The largest absolute Gasteiger partial charge is 0.399 e. The van der Waals surface area contributed by atoms with Gasteiger partial charge in [-0.2, -0.15) is 0 Å². The van der Waals surface area contributed by atoms with Crippen molar-refractivity contribution >= 4 is 40.7 Å². The molecule has 0 spiro atoms. The van der Waals surface area contributed by atoms with E-state index in [2.05, 4.69) is 0 Å². The van der Waals surface area contributed by atoms with Gasteiger partial charge < -0.3 is 5.73 Å². The topological polar surface area (TPSA) is 26.0 Å². The molecule has 1 nitrogen and oxygen atoms in total. The van der Waals surface area contributed by atoms with E-state index in [1.165, 1.54) is 5.56 Å². The summed E-state index contributed by atoms with van der Waals surface area (Å²) < 4.78 is 0. The lowest BCUT2D eigenvalue weighted by atomic mass is 10.2. The van der Waals surface area contributed by atoms with Crippen LogP contribution in [0.25, 0.3) is 0 Å². The smallest absolute Gasteiger partial charge is 0.0543 e. The summed E-state index contributed by atoms with van der Waals surface area (Å²) in [5.41, 5.74) is 7.62. The lowest BCUT2D eigenvalue weighted by Gasteiger charge is -2.05. The Morgan fingerprint density at radius 3 is 2.41 bits per heavy atom. The van der Waals surface area contributed by atoms with E-state index in [0.717, 1.165) is 21.4 Å². The van der Waals surface area contributed by atoms with E-state index in [1.54, 1.807) is 17.8 Å². The Morgan fingerprint density at radius 1 is 1.00 bits per heavy atom. The molecule has 0 unspecified atom stereocenters. The lowest BCUT2D eigenvalue weighted by Crippen LogP contribution is -1.85. The van der Waals surface area contributed by atoms with Crippen molar-refractivity contribution in [2.75, 3.05) is 5.73 Å². The molecule has 0 heterocycles. The zero-order valence-corrected chi connectivity index (χ0v) is 11.3. The van der Waals surface area contributed by atoms with Crippen LogP contribution in [0, 0.1) is 0 Å². The fourth-order valence-electron chi connectivity index (χ4n) is 1.36. The molecule has 0 aliphatic rings. The van der Waals surface area contributed by atoms with Gasteiger partial charge in [-0.05, 0) is 35.9 Å². The lowest BCUT2D eigenvalue weighted by molar-refractivity contribution is 1.38. The molecule has 0 amide bonds. The number of rotatable bonds is 3. The molecule has 0 saturated heterocycles. The number of halogens is 2. The summed E-state index contributed by atoms with van der Waals surface area (Å²) in [5, 5.41) is 1.43. The minimum absolute atomic E-state index is 0.703. The highest BCUT2D eigenvalue weighted by Gasteiger charge is 2.02. The van der Waals surface area contributed by atoms with Crippen LogP contribution in [0.3, 0.4) is 0 Å².